The predicted molar refractivity (Wildman–Crippen MR) is 115 cm³/mol. The fourth-order valence-corrected chi connectivity index (χ4v) is 4.68. The van der Waals surface area contributed by atoms with Crippen molar-refractivity contribution < 1.29 is 27.1 Å². The van der Waals surface area contributed by atoms with Crippen molar-refractivity contribution in [2.75, 3.05) is 58.2 Å². The third-order valence-corrected chi connectivity index (χ3v) is 6.64. The lowest BCUT2D eigenvalue weighted by molar-refractivity contribution is -0.0872. The van der Waals surface area contributed by atoms with Gasteiger partial charge in [0.05, 0.1) is 13.2 Å². The van der Waals surface area contributed by atoms with Crippen molar-refractivity contribution in [1.82, 2.24) is 24.8 Å². The molecule has 9 nitrogen and oxygen atoms in total. The van der Waals surface area contributed by atoms with Crippen LogP contribution in [0.15, 0.2) is 29.2 Å². The van der Waals surface area contributed by atoms with Gasteiger partial charge in [-0.3, -0.25) is 4.90 Å². The Balaban J connectivity index is 1.45. The third-order valence-electron chi connectivity index (χ3n) is 6.64. The van der Waals surface area contributed by atoms with Crippen molar-refractivity contribution in [3.05, 3.63) is 29.7 Å². The number of guanidine groups is 1. The van der Waals surface area contributed by atoms with Crippen LogP contribution >= 0.6 is 0 Å². The molecule has 0 bridgehead atoms. The van der Waals surface area contributed by atoms with E-state index in [0.717, 1.165) is 44.3 Å². The van der Waals surface area contributed by atoms with Crippen LogP contribution in [-0.2, 0) is 10.5 Å². The second-order valence-corrected chi connectivity index (χ2v) is 8.76. The van der Waals surface area contributed by atoms with Crippen molar-refractivity contribution in [2.24, 2.45) is 4.99 Å². The van der Waals surface area contributed by atoms with Crippen LogP contribution in [0.5, 0.6) is 5.75 Å². The Morgan fingerprint density at radius 1 is 1.12 bits per heavy atom. The van der Waals surface area contributed by atoms with E-state index < -0.39 is 18.2 Å². The number of halogens is 4. The normalized spacial score (nSPS) is 26.6. The third kappa shape index (κ3) is 4.22. The zero-order valence-corrected chi connectivity index (χ0v) is 18.5. The summed E-state index contributed by atoms with van der Waals surface area (Å²) >= 11 is 0. The molecular weight excluding hydrogens is 458 g/mol. The molecule has 0 aliphatic carbocycles. The number of aromatic nitrogens is 1. The fraction of sp³-hybridized carbons (Fsp3) is 0.619. The predicted octanol–water partition coefficient (Wildman–Crippen LogP) is 1.90. The quantitative estimate of drug-likeness (QED) is 0.385. The summed E-state index contributed by atoms with van der Waals surface area (Å²) in [6, 6.07) is 1.23. The molecule has 3 fully saturated rings. The lowest BCUT2D eigenvalue weighted by Crippen LogP contribution is -2.61. The van der Waals surface area contributed by atoms with Gasteiger partial charge in [-0.25, -0.2) is 9.37 Å². The van der Waals surface area contributed by atoms with Crippen LogP contribution in [0.3, 0.4) is 0 Å². The number of nitrogens with zero attached hydrogens (tertiary/aromatic N) is 6. The topological polar surface area (TPSA) is 82.7 Å². The largest absolute Gasteiger partial charge is 0.431 e. The summed E-state index contributed by atoms with van der Waals surface area (Å²) in [5, 5.41) is -0.0690. The Hall–Kier alpha value is -2.80. The molecule has 5 heterocycles. The molecule has 34 heavy (non-hydrogen) atoms. The first-order chi connectivity index (χ1) is 16.3. The number of nitrogens with two attached hydrogens (primary N) is 1. The lowest BCUT2D eigenvalue weighted by atomic mass is 10.0. The Kier molecular flexibility index (Phi) is 6.15. The van der Waals surface area contributed by atoms with Gasteiger partial charge in [-0.05, 0) is 18.9 Å². The molecule has 0 amide bonds. The van der Waals surface area contributed by atoms with Gasteiger partial charge in [0, 0.05) is 63.1 Å². The summed E-state index contributed by atoms with van der Waals surface area (Å²) in [6.07, 6.45) is 3.75. The molecule has 0 aromatic carbocycles. The number of nitrogen functional groups attached to an aromatic ring is 1. The first-order valence-corrected chi connectivity index (χ1v) is 11.3. The zero-order valence-electron chi connectivity index (χ0n) is 18.5. The first-order valence-electron chi connectivity index (χ1n) is 11.3. The molecule has 1 aromatic rings. The van der Waals surface area contributed by atoms with Crippen molar-refractivity contribution in [1.29, 1.82) is 0 Å². The van der Waals surface area contributed by atoms with Gasteiger partial charge in [-0.15, -0.1) is 5.12 Å². The smallest absolute Gasteiger partial charge is 0.387 e. The molecule has 1 aromatic heterocycles. The Bertz CT molecular complexity index is 962. The lowest BCUT2D eigenvalue weighted by Gasteiger charge is -2.49. The number of hydrogen-bond donors (Lipinski definition) is 1. The summed E-state index contributed by atoms with van der Waals surface area (Å²) in [5.74, 6) is -3.56. The summed E-state index contributed by atoms with van der Waals surface area (Å²) in [5.41, 5.74) is 5.27. The van der Waals surface area contributed by atoms with Crippen LogP contribution in [0.4, 0.5) is 23.5 Å². The number of ether oxygens (including phenoxy) is 2. The Labute approximate surface area is 194 Å². The molecule has 4 aliphatic rings. The van der Waals surface area contributed by atoms with Gasteiger partial charge in [-0.1, -0.05) is 4.48 Å². The number of likely N-dealkylation sites (tertiary alicyclic amines) is 2. The summed E-state index contributed by atoms with van der Waals surface area (Å²) < 4.78 is 67.4. The minimum atomic E-state index is -3.19. The number of anilines is 1. The molecule has 3 saturated heterocycles. The van der Waals surface area contributed by atoms with Crippen molar-refractivity contribution in [2.45, 2.75) is 31.3 Å². The van der Waals surface area contributed by atoms with Crippen molar-refractivity contribution in [3.63, 3.8) is 0 Å². The molecule has 1 unspecified atom stereocenters. The van der Waals surface area contributed by atoms with Gasteiger partial charge in [0.2, 0.25) is 5.96 Å². The molecular formula is C21H27F4N7O2. The highest BCUT2D eigenvalue weighted by Crippen LogP contribution is 2.41. The minimum absolute atomic E-state index is 0.0690. The van der Waals surface area contributed by atoms with Crippen LogP contribution in [0.25, 0.3) is 0 Å². The van der Waals surface area contributed by atoms with Gasteiger partial charge >= 0.3 is 6.61 Å². The maximum Gasteiger partial charge on any atom is 0.387 e. The highest BCUT2D eigenvalue weighted by molar-refractivity contribution is 5.82. The maximum absolute atomic E-state index is 16.5. The van der Waals surface area contributed by atoms with E-state index in [9.17, 15) is 8.78 Å². The number of hydrogen-bond acceptors (Lipinski definition) is 9. The monoisotopic (exact) mass is 485 g/mol. The molecule has 186 valence electrons. The second-order valence-electron chi connectivity index (χ2n) is 8.76. The van der Waals surface area contributed by atoms with E-state index in [0.29, 0.717) is 39.4 Å². The fourth-order valence-electron chi connectivity index (χ4n) is 4.68. The van der Waals surface area contributed by atoms with Crippen LogP contribution in [-0.4, -0.2) is 95.9 Å². The molecule has 5 rings (SSSR count). The van der Waals surface area contributed by atoms with Crippen molar-refractivity contribution in [3.8, 4) is 5.75 Å². The Morgan fingerprint density at radius 3 is 2.50 bits per heavy atom. The average Bonchev–Trinajstić information content (AvgIpc) is 3.32. The minimum Gasteiger partial charge on any atom is -0.431 e. The standard InChI is InChI=1S/C21H27F4N7O2/c22-19(23)34-16-9-14(11-27-18(16)26)21(24)10-17(28-20(32(21)25)30-3-1-2-4-30)31-12-15(13-31)29-5-7-33-8-6-29/h9-11,15,19H,1-8,12-13H2,(H2,26,27). The SMILES string of the molecule is Nc1ncc(C2(F)C=C(N3CC(N4CCOCC4)C3)N=C(N3CCCC3)N2F)cc1OC(F)F. The molecule has 4 aliphatic heterocycles. The maximum atomic E-state index is 16.5. The van der Waals surface area contributed by atoms with E-state index in [1.165, 1.54) is 0 Å². The van der Waals surface area contributed by atoms with E-state index in [-0.39, 0.29) is 34.3 Å². The molecule has 0 saturated carbocycles. The number of morpholine rings is 1. The second kappa shape index (κ2) is 9.10. The number of rotatable bonds is 5. The van der Waals surface area contributed by atoms with Crippen LogP contribution in [0, 0.1) is 0 Å². The molecule has 1 atom stereocenters. The zero-order chi connectivity index (χ0) is 23.9. The van der Waals surface area contributed by atoms with E-state index in [1.54, 1.807) is 4.90 Å². The average molecular weight is 485 g/mol. The first kappa shape index (κ1) is 23.0. The van der Waals surface area contributed by atoms with E-state index in [4.69, 9.17) is 10.5 Å². The van der Waals surface area contributed by atoms with E-state index in [2.05, 4.69) is 19.6 Å². The van der Waals surface area contributed by atoms with Crippen LogP contribution < -0.4 is 10.5 Å². The number of pyridine rings is 1. The van der Waals surface area contributed by atoms with Crippen LogP contribution in [0.2, 0.25) is 0 Å². The van der Waals surface area contributed by atoms with Crippen LogP contribution in [0.1, 0.15) is 18.4 Å². The molecule has 13 heteroatoms. The Morgan fingerprint density at radius 2 is 1.82 bits per heavy atom. The van der Waals surface area contributed by atoms with Gasteiger partial charge < -0.3 is 25.0 Å². The van der Waals surface area contributed by atoms with E-state index in [1.807, 2.05) is 4.90 Å². The summed E-state index contributed by atoms with van der Waals surface area (Å²) in [6.45, 7) is 2.13. The summed E-state index contributed by atoms with van der Waals surface area (Å²) in [4.78, 5) is 14.1. The highest BCUT2D eigenvalue weighted by Gasteiger charge is 2.48. The molecule has 0 radical (unpaired) electrons. The summed E-state index contributed by atoms with van der Waals surface area (Å²) in [7, 11) is 0. The van der Waals surface area contributed by atoms with E-state index >= 15 is 8.87 Å². The van der Waals surface area contributed by atoms with Crippen molar-refractivity contribution >= 4 is 11.8 Å². The van der Waals surface area contributed by atoms with Gasteiger partial charge in [0.25, 0.3) is 5.79 Å². The number of aliphatic imine (C=N–C) groups is 1. The molecule has 0 spiro atoms. The number of alkyl halides is 3. The van der Waals surface area contributed by atoms with Gasteiger partial charge in [0.15, 0.2) is 11.6 Å². The highest BCUT2D eigenvalue weighted by atomic mass is 19.3. The molecule has 2 N–H and O–H groups in total. The van der Waals surface area contributed by atoms with Gasteiger partial charge in [-0.2, -0.15) is 13.8 Å². The van der Waals surface area contributed by atoms with Gasteiger partial charge in [0.1, 0.15) is 5.82 Å².